The molecule has 0 saturated heterocycles. The molecule has 1 heterocycles. The van der Waals surface area contributed by atoms with Crippen molar-refractivity contribution in [1.29, 1.82) is 0 Å². The van der Waals surface area contributed by atoms with Crippen LogP contribution in [0.1, 0.15) is 62.6 Å². The summed E-state index contributed by atoms with van der Waals surface area (Å²) in [6.45, 7) is 8.47. The fourth-order valence-corrected chi connectivity index (χ4v) is 3.31. The topological polar surface area (TPSA) is 76.5 Å². The molecule has 1 aliphatic rings. The summed E-state index contributed by atoms with van der Waals surface area (Å²) in [5.74, 6) is 0.551. The summed E-state index contributed by atoms with van der Waals surface area (Å²) in [6, 6.07) is 9.09. The van der Waals surface area contributed by atoms with Crippen LogP contribution in [0.3, 0.4) is 0 Å². The van der Waals surface area contributed by atoms with Gasteiger partial charge in [0.2, 0.25) is 5.91 Å². The van der Waals surface area contributed by atoms with E-state index in [9.17, 15) is 9.59 Å². The highest BCUT2D eigenvalue weighted by molar-refractivity contribution is 5.99. The second-order valence-corrected chi connectivity index (χ2v) is 8.38. The number of methoxy groups -OCH3 is 1. The standard InChI is InChI=1S/C22H30N4O3/c1-6-25(14-20(27)23-16-9-7-8-10-19(16)29-5)21(28)17-13-18(15-11-12-15)26(24-17)22(2,3)4/h7-10,13,15H,6,11-12,14H2,1-5H3,(H,23,27). The van der Waals surface area contributed by atoms with Crippen LogP contribution in [0, 0.1) is 0 Å². The van der Waals surface area contributed by atoms with Crippen molar-refractivity contribution in [3.05, 3.63) is 41.7 Å². The van der Waals surface area contributed by atoms with Gasteiger partial charge in [-0.05, 0) is 58.7 Å². The van der Waals surface area contributed by atoms with Crippen LogP contribution in [0.15, 0.2) is 30.3 Å². The highest BCUT2D eigenvalue weighted by atomic mass is 16.5. The molecular weight excluding hydrogens is 368 g/mol. The van der Waals surface area contributed by atoms with E-state index >= 15 is 0 Å². The molecule has 29 heavy (non-hydrogen) atoms. The molecule has 0 spiro atoms. The van der Waals surface area contributed by atoms with Gasteiger partial charge in [-0.15, -0.1) is 0 Å². The van der Waals surface area contributed by atoms with Crippen LogP contribution in [0.25, 0.3) is 0 Å². The van der Waals surface area contributed by atoms with E-state index in [0.717, 1.165) is 18.5 Å². The van der Waals surface area contributed by atoms with Crippen molar-refractivity contribution < 1.29 is 14.3 Å². The molecule has 1 aromatic carbocycles. The number of hydrogen-bond donors (Lipinski definition) is 1. The normalized spacial score (nSPS) is 13.8. The summed E-state index contributed by atoms with van der Waals surface area (Å²) in [5.41, 5.74) is 1.88. The molecule has 0 aliphatic heterocycles. The van der Waals surface area contributed by atoms with Crippen LogP contribution in [-0.4, -0.2) is 46.7 Å². The van der Waals surface area contributed by atoms with Gasteiger partial charge in [-0.3, -0.25) is 14.3 Å². The maximum Gasteiger partial charge on any atom is 0.274 e. The van der Waals surface area contributed by atoms with E-state index in [2.05, 4.69) is 31.2 Å². The van der Waals surface area contributed by atoms with E-state index < -0.39 is 0 Å². The Balaban J connectivity index is 1.74. The molecule has 1 fully saturated rings. The number of aromatic nitrogens is 2. The van der Waals surface area contributed by atoms with Crippen LogP contribution in [0.4, 0.5) is 5.69 Å². The average molecular weight is 399 g/mol. The van der Waals surface area contributed by atoms with Gasteiger partial charge < -0.3 is 15.0 Å². The Morgan fingerprint density at radius 2 is 1.97 bits per heavy atom. The minimum atomic E-state index is -0.276. The molecular formula is C22H30N4O3. The number of nitrogens with zero attached hydrogens (tertiary/aromatic N) is 3. The lowest BCUT2D eigenvalue weighted by Gasteiger charge is -2.22. The zero-order valence-corrected chi connectivity index (χ0v) is 17.9. The quantitative estimate of drug-likeness (QED) is 0.773. The third-order valence-electron chi connectivity index (χ3n) is 4.97. The number of benzene rings is 1. The molecule has 0 bridgehead atoms. The van der Waals surface area contributed by atoms with Crippen LogP contribution in [-0.2, 0) is 10.3 Å². The van der Waals surface area contributed by atoms with Gasteiger partial charge in [0.15, 0.2) is 5.69 Å². The maximum atomic E-state index is 13.1. The fourth-order valence-electron chi connectivity index (χ4n) is 3.31. The van der Waals surface area contributed by atoms with E-state index in [1.807, 2.05) is 29.8 Å². The minimum Gasteiger partial charge on any atom is -0.495 e. The summed E-state index contributed by atoms with van der Waals surface area (Å²) in [6.07, 6.45) is 2.27. The summed E-state index contributed by atoms with van der Waals surface area (Å²) in [5, 5.41) is 7.42. The molecule has 1 aliphatic carbocycles. The lowest BCUT2D eigenvalue weighted by Crippen LogP contribution is -2.38. The van der Waals surface area contributed by atoms with Gasteiger partial charge in [-0.25, -0.2) is 0 Å². The van der Waals surface area contributed by atoms with Gasteiger partial charge >= 0.3 is 0 Å². The van der Waals surface area contributed by atoms with Gasteiger partial charge in [-0.2, -0.15) is 5.10 Å². The van der Waals surface area contributed by atoms with Crippen LogP contribution in [0.5, 0.6) is 5.75 Å². The molecule has 2 amide bonds. The average Bonchev–Trinajstić information content (AvgIpc) is 3.42. The van der Waals surface area contributed by atoms with Gasteiger partial charge in [0.05, 0.1) is 18.3 Å². The number of carbonyl (C=O) groups is 2. The number of likely N-dealkylation sites (N-methyl/N-ethyl adjacent to an activating group) is 1. The summed E-state index contributed by atoms with van der Waals surface area (Å²) in [4.78, 5) is 27.1. The van der Waals surface area contributed by atoms with Crippen molar-refractivity contribution in [3.63, 3.8) is 0 Å². The minimum absolute atomic E-state index is 0.0471. The van der Waals surface area contributed by atoms with E-state index in [-0.39, 0.29) is 23.9 Å². The molecule has 0 radical (unpaired) electrons. The SMILES string of the molecule is CCN(CC(=O)Nc1ccccc1OC)C(=O)c1cc(C2CC2)n(C(C)(C)C)n1. The molecule has 0 unspecified atom stereocenters. The van der Waals surface area contributed by atoms with Crippen molar-refractivity contribution in [3.8, 4) is 5.75 Å². The first-order chi connectivity index (χ1) is 13.7. The molecule has 1 aromatic heterocycles. The Kier molecular flexibility index (Phi) is 5.96. The molecule has 1 N–H and O–H groups in total. The molecule has 3 rings (SSSR count). The Morgan fingerprint density at radius 3 is 2.55 bits per heavy atom. The van der Waals surface area contributed by atoms with E-state index in [1.165, 1.54) is 4.90 Å². The Hall–Kier alpha value is -2.83. The Labute approximate surface area is 172 Å². The smallest absolute Gasteiger partial charge is 0.274 e. The first-order valence-corrected chi connectivity index (χ1v) is 10.1. The third kappa shape index (κ3) is 4.78. The first kappa shape index (κ1) is 20.9. The highest BCUT2D eigenvalue weighted by Crippen LogP contribution is 2.41. The van der Waals surface area contributed by atoms with E-state index in [0.29, 0.717) is 29.6 Å². The molecule has 156 valence electrons. The number of rotatable bonds is 7. The van der Waals surface area contributed by atoms with Crippen LogP contribution in [0.2, 0.25) is 0 Å². The fraction of sp³-hybridized carbons (Fsp3) is 0.500. The van der Waals surface area contributed by atoms with E-state index in [4.69, 9.17) is 4.74 Å². The molecule has 1 saturated carbocycles. The lowest BCUT2D eigenvalue weighted by molar-refractivity contribution is -0.116. The molecule has 7 heteroatoms. The monoisotopic (exact) mass is 398 g/mol. The number of hydrogen-bond acceptors (Lipinski definition) is 4. The number of carbonyl (C=O) groups excluding carboxylic acids is 2. The zero-order chi connectivity index (χ0) is 21.2. The molecule has 2 aromatic rings. The summed E-state index contributed by atoms with van der Waals surface area (Å²) >= 11 is 0. The Morgan fingerprint density at radius 1 is 1.28 bits per heavy atom. The summed E-state index contributed by atoms with van der Waals surface area (Å²) < 4.78 is 7.22. The molecule has 0 atom stereocenters. The maximum absolute atomic E-state index is 13.1. The van der Waals surface area contributed by atoms with Gasteiger partial charge in [0.25, 0.3) is 5.91 Å². The number of ether oxygens (including phenoxy) is 1. The summed E-state index contributed by atoms with van der Waals surface area (Å²) in [7, 11) is 1.55. The zero-order valence-electron chi connectivity index (χ0n) is 17.9. The van der Waals surface area contributed by atoms with Crippen molar-refractivity contribution >= 4 is 17.5 Å². The van der Waals surface area contributed by atoms with Crippen LogP contribution >= 0.6 is 0 Å². The van der Waals surface area contributed by atoms with Gasteiger partial charge in [0, 0.05) is 18.2 Å². The van der Waals surface area contributed by atoms with E-state index in [1.54, 1.807) is 19.2 Å². The number of amides is 2. The van der Waals surface area contributed by atoms with Crippen molar-refractivity contribution in [2.45, 2.75) is 52.0 Å². The van der Waals surface area contributed by atoms with Gasteiger partial charge in [0.1, 0.15) is 12.3 Å². The van der Waals surface area contributed by atoms with Crippen LogP contribution < -0.4 is 10.1 Å². The number of nitrogens with one attached hydrogen (secondary N) is 1. The Bertz CT molecular complexity index is 894. The second kappa shape index (κ2) is 8.27. The number of para-hydroxylation sites is 2. The van der Waals surface area contributed by atoms with Crippen molar-refractivity contribution in [2.24, 2.45) is 0 Å². The third-order valence-corrected chi connectivity index (χ3v) is 4.97. The first-order valence-electron chi connectivity index (χ1n) is 10.1. The van der Waals surface area contributed by atoms with Crippen molar-refractivity contribution in [1.82, 2.24) is 14.7 Å². The van der Waals surface area contributed by atoms with Crippen molar-refractivity contribution in [2.75, 3.05) is 25.5 Å². The predicted molar refractivity (Wildman–Crippen MR) is 112 cm³/mol. The largest absolute Gasteiger partial charge is 0.495 e. The molecule has 7 nitrogen and oxygen atoms in total. The predicted octanol–water partition coefficient (Wildman–Crippen LogP) is 3.62. The van der Waals surface area contributed by atoms with Gasteiger partial charge in [-0.1, -0.05) is 12.1 Å². The second-order valence-electron chi connectivity index (χ2n) is 8.38. The number of anilines is 1. The lowest BCUT2D eigenvalue weighted by atomic mass is 10.1. The highest BCUT2D eigenvalue weighted by Gasteiger charge is 2.33.